The van der Waals surface area contributed by atoms with Crippen LogP contribution in [0.15, 0.2) is 71.6 Å². The summed E-state index contributed by atoms with van der Waals surface area (Å²) in [6.07, 6.45) is -4.83. The SMILES string of the molecule is O=C(CN(c1ccc(Cl)c(C(F)(F)F)c1)S(=O)(=O)c1ccccc1)Nc1ccc2c(c1)OCO2. The number of alkyl halides is 3. The number of nitrogens with zero attached hydrogens (tertiary/aromatic N) is 1. The first-order valence-corrected chi connectivity index (χ1v) is 11.5. The first kappa shape index (κ1) is 23.7. The Morgan fingerprint density at radius 3 is 2.41 bits per heavy atom. The summed E-state index contributed by atoms with van der Waals surface area (Å²) < 4.78 is 77.9. The molecule has 4 rings (SSSR count). The van der Waals surface area contributed by atoms with Crippen LogP contribution in [-0.4, -0.2) is 27.7 Å². The van der Waals surface area contributed by atoms with Crippen molar-refractivity contribution < 1.29 is 35.9 Å². The normalized spacial score (nSPS) is 12.9. The zero-order valence-electron chi connectivity index (χ0n) is 17.2. The van der Waals surface area contributed by atoms with Crippen LogP contribution in [0.3, 0.4) is 0 Å². The zero-order chi connectivity index (χ0) is 24.5. The van der Waals surface area contributed by atoms with Gasteiger partial charge in [-0.25, -0.2) is 8.42 Å². The predicted molar refractivity (Wildman–Crippen MR) is 119 cm³/mol. The number of anilines is 2. The van der Waals surface area contributed by atoms with Crippen molar-refractivity contribution in [3.63, 3.8) is 0 Å². The van der Waals surface area contributed by atoms with Gasteiger partial charge < -0.3 is 14.8 Å². The molecule has 0 fully saturated rings. The summed E-state index contributed by atoms with van der Waals surface area (Å²) >= 11 is 5.69. The maximum absolute atomic E-state index is 13.4. The van der Waals surface area contributed by atoms with Crippen molar-refractivity contribution in [2.45, 2.75) is 11.1 Å². The highest BCUT2D eigenvalue weighted by atomic mass is 35.5. The number of sulfonamides is 1. The molecular formula is C22H16ClF3N2O5S. The van der Waals surface area contributed by atoms with Gasteiger partial charge in [0.1, 0.15) is 6.54 Å². The molecule has 0 unspecified atom stereocenters. The summed E-state index contributed by atoms with van der Waals surface area (Å²) in [6, 6.07) is 14.3. The van der Waals surface area contributed by atoms with E-state index in [0.717, 1.165) is 12.1 Å². The molecule has 0 radical (unpaired) electrons. The number of halogens is 4. The topological polar surface area (TPSA) is 84.9 Å². The number of rotatable bonds is 6. The fourth-order valence-corrected chi connectivity index (χ4v) is 4.88. The van der Waals surface area contributed by atoms with Crippen LogP contribution in [0, 0.1) is 0 Å². The molecule has 1 amide bonds. The number of ether oxygens (including phenoxy) is 2. The minimum absolute atomic E-state index is 0.0218. The van der Waals surface area contributed by atoms with Crippen molar-refractivity contribution in [1.82, 2.24) is 0 Å². The second-order valence-electron chi connectivity index (χ2n) is 7.10. The molecule has 178 valence electrons. The molecule has 1 aliphatic rings. The maximum Gasteiger partial charge on any atom is 0.417 e. The summed E-state index contributed by atoms with van der Waals surface area (Å²) in [5.41, 5.74) is -1.31. The number of benzene rings is 3. The van der Waals surface area contributed by atoms with Gasteiger partial charge in [0.15, 0.2) is 11.5 Å². The summed E-state index contributed by atoms with van der Waals surface area (Å²) in [7, 11) is -4.41. The van der Waals surface area contributed by atoms with E-state index in [2.05, 4.69) is 5.32 Å². The van der Waals surface area contributed by atoms with Crippen molar-refractivity contribution >= 4 is 38.9 Å². The van der Waals surface area contributed by atoms with Gasteiger partial charge in [0.05, 0.1) is 21.2 Å². The first-order valence-electron chi connectivity index (χ1n) is 9.70. The molecule has 0 atom stereocenters. The Morgan fingerprint density at radius 1 is 1.00 bits per heavy atom. The van der Waals surface area contributed by atoms with Gasteiger partial charge >= 0.3 is 6.18 Å². The third kappa shape index (κ3) is 4.90. The molecule has 12 heteroatoms. The van der Waals surface area contributed by atoms with Crippen molar-refractivity contribution in [3.05, 3.63) is 77.3 Å². The Labute approximate surface area is 197 Å². The van der Waals surface area contributed by atoms with Gasteiger partial charge in [0.2, 0.25) is 12.7 Å². The van der Waals surface area contributed by atoms with E-state index in [0.29, 0.717) is 27.6 Å². The largest absolute Gasteiger partial charge is 0.454 e. The smallest absolute Gasteiger partial charge is 0.417 e. The Balaban J connectivity index is 1.69. The second-order valence-corrected chi connectivity index (χ2v) is 9.37. The highest BCUT2D eigenvalue weighted by Crippen LogP contribution is 2.38. The molecule has 7 nitrogen and oxygen atoms in total. The molecule has 0 saturated heterocycles. The van der Waals surface area contributed by atoms with Gasteiger partial charge in [-0.2, -0.15) is 13.2 Å². The molecule has 0 saturated carbocycles. The average molecular weight is 513 g/mol. The molecule has 0 aliphatic carbocycles. The van der Waals surface area contributed by atoms with Crippen LogP contribution in [0.4, 0.5) is 24.5 Å². The minimum Gasteiger partial charge on any atom is -0.454 e. The zero-order valence-corrected chi connectivity index (χ0v) is 18.7. The fraction of sp³-hybridized carbons (Fsp3) is 0.136. The third-order valence-corrected chi connectivity index (χ3v) is 6.94. The number of nitrogens with one attached hydrogen (secondary N) is 1. The number of carbonyl (C=O) groups is 1. The van der Waals surface area contributed by atoms with E-state index in [1.165, 1.54) is 36.4 Å². The Morgan fingerprint density at radius 2 is 1.71 bits per heavy atom. The van der Waals surface area contributed by atoms with Crippen LogP contribution in [0.2, 0.25) is 5.02 Å². The Kier molecular flexibility index (Phi) is 6.32. The number of hydrogen-bond acceptors (Lipinski definition) is 5. The van der Waals surface area contributed by atoms with E-state index < -0.39 is 39.2 Å². The van der Waals surface area contributed by atoms with Crippen LogP contribution >= 0.6 is 11.6 Å². The summed E-state index contributed by atoms with van der Waals surface area (Å²) in [6.45, 7) is -0.779. The molecule has 3 aromatic carbocycles. The summed E-state index contributed by atoms with van der Waals surface area (Å²) in [4.78, 5) is 12.6. The van der Waals surface area contributed by atoms with Crippen LogP contribution in [0.5, 0.6) is 11.5 Å². The predicted octanol–water partition coefficient (Wildman–Crippen LogP) is 4.92. The molecule has 0 bridgehead atoms. The quantitative estimate of drug-likeness (QED) is 0.506. The van der Waals surface area contributed by atoms with Crippen LogP contribution in [-0.2, 0) is 21.0 Å². The first-order chi connectivity index (χ1) is 16.1. The summed E-state index contributed by atoms with van der Waals surface area (Å²) in [5.74, 6) is 0.0769. The average Bonchev–Trinajstić information content (AvgIpc) is 3.26. The summed E-state index contributed by atoms with van der Waals surface area (Å²) in [5, 5.41) is 1.92. The third-order valence-electron chi connectivity index (χ3n) is 4.82. The van der Waals surface area contributed by atoms with Gasteiger partial charge in [0.25, 0.3) is 10.0 Å². The Bertz CT molecular complexity index is 1330. The second kappa shape index (κ2) is 9.07. The Hall–Kier alpha value is -3.44. The van der Waals surface area contributed by atoms with Crippen LogP contribution < -0.4 is 19.1 Å². The van der Waals surface area contributed by atoms with E-state index in [1.54, 1.807) is 12.1 Å². The lowest BCUT2D eigenvalue weighted by atomic mass is 10.2. The molecule has 1 heterocycles. The lowest BCUT2D eigenvalue weighted by molar-refractivity contribution is -0.137. The van der Waals surface area contributed by atoms with Crippen molar-refractivity contribution in [1.29, 1.82) is 0 Å². The number of hydrogen-bond donors (Lipinski definition) is 1. The highest BCUT2D eigenvalue weighted by Gasteiger charge is 2.35. The van der Waals surface area contributed by atoms with Crippen LogP contribution in [0.25, 0.3) is 0 Å². The van der Waals surface area contributed by atoms with Crippen molar-refractivity contribution in [2.24, 2.45) is 0 Å². The van der Waals surface area contributed by atoms with Gasteiger partial charge in [-0.1, -0.05) is 29.8 Å². The van der Waals surface area contributed by atoms with Gasteiger partial charge in [-0.15, -0.1) is 0 Å². The number of amides is 1. The standard InChI is InChI=1S/C22H16ClF3N2O5S/c23-18-8-7-15(11-17(18)22(24,25)26)28(34(30,31)16-4-2-1-3-5-16)12-21(29)27-14-6-9-19-20(10-14)33-13-32-19/h1-11H,12-13H2,(H,27,29). The van der Waals surface area contributed by atoms with Crippen LogP contribution in [0.1, 0.15) is 5.56 Å². The molecule has 0 aromatic heterocycles. The van der Waals surface area contributed by atoms with Crippen molar-refractivity contribution in [3.8, 4) is 11.5 Å². The molecular weight excluding hydrogens is 497 g/mol. The van der Waals surface area contributed by atoms with E-state index in [1.807, 2.05) is 0 Å². The van der Waals surface area contributed by atoms with E-state index in [4.69, 9.17) is 21.1 Å². The van der Waals surface area contributed by atoms with Gasteiger partial charge in [0, 0.05) is 11.8 Å². The maximum atomic E-state index is 13.4. The number of fused-ring (bicyclic) bond motifs is 1. The minimum atomic E-state index is -4.83. The molecule has 0 spiro atoms. The lowest BCUT2D eigenvalue weighted by Gasteiger charge is -2.25. The van der Waals surface area contributed by atoms with E-state index in [-0.39, 0.29) is 17.4 Å². The molecule has 34 heavy (non-hydrogen) atoms. The van der Waals surface area contributed by atoms with Gasteiger partial charge in [-0.05, 0) is 42.5 Å². The van der Waals surface area contributed by atoms with E-state index in [9.17, 15) is 26.4 Å². The number of carbonyl (C=O) groups excluding carboxylic acids is 1. The molecule has 1 N–H and O–H groups in total. The lowest BCUT2D eigenvalue weighted by Crippen LogP contribution is -2.38. The van der Waals surface area contributed by atoms with Crippen molar-refractivity contribution in [2.75, 3.05) is 23.0 Å². The molecule has 1 aliphatic heterocycles. The molecule has 3 aromatic rings. The highest BCUT2D eigenvalue weighted by molar-refractivity contribution is 7.92. The fourth-order valence-electron chi connectivity index (χ4n) is 3.23. The van der Waals surface area contributed by atoms with Gasteiger partial charge in [-0.3, -0.25) is 9.10 Å². The van der Waals surface area contributed by atoms with E-state index >= 15 is 0 Å². The monoisotopic (exact) mass is 512 g/mol.